The van der Waals surface area contributed by atoms with Crippen LogP contribution in [0.2, 0.25) is 0 Å². The molecule has 0 unspecified atom stereocenters. The topological polar surface area (TPSA) is 69.6 Å². The number of phenolic OH excluding ortho intramolecular Hbond substituents is 1. The zero-order valence-corrected chi connectivity index (χ0v) is 12.4. The van der Waals surface area contributed by atoms with Crippen LogP contribution in [0.15, 0.2) is 47.4 Å². The van der Waals surface area contributed by atoms with Crippen molar-refractivity contribution in [3.63, 3.8) is 0 Å². The van der Waals surface area contributed by atoms with Crippen molar-refractivity contribution in [1.82, 2.24) is 5.32 Å². The molecular weight excluding hydrogens is 288 g/mol. The zero-order chi connectivity index (χ0) is 15.0. The standard InChI is InChI=1S/C15H16N2O3S/c1-17(13-3-2-4-14(18)8-13)21(19,20)15-6-5-11-9-16-10-12(11)7-15/h2-8,16,18H,9-10H2,1H3. The van der Waals surface area contributed by atoms with E-state index in [1.54, 1.807) is 24.3 Å². The average molecular weight is 304 g/mol. The Morgan fingerprint density at radius 2 is 1.86 bits per heavy atom. The number of hydrogen-bond donors (Lipinski definition) is 2. The molecule has 1 aliphatic heterocycles. The van der Waals surface area contributed by atoms with Crippen LogP contribution in [0, 0.1) is 0 Å². The number of nitrogens with zero attached hydrogens (tertiary/aromatic N) is 1. The van der Waals surface area contributed by atoms with Crippen LogP contribution in [0.3, 0.4) is 0 Å². The molecular formula is C15H16N2O3S. The van der Waals surface area contributed by atoms with E-state index in [1.165, 1.54) is 23.5 Å². The van der Waals surface area contributed by atoms with Gasteiger partial charge in [-0.25, -0.2) is 8.42 Å². The smallest absolute Gasteiger partial charge is 0.264 e. The van der Waals surface area contributed by atoms with Crippen LogP contribution in [0.4, 0.5) is 5.69 Å². The Morgan fingerprint density at radius 1 is 1.10 bits per heavy atom. The van der Waals surface area contributed by atoms with E-state index in [2.05, 4.69) is 5.32 Å². The molecule has 0 spiro atoms. The van der Waals surface area contributed by atoms with E-state index in [0.29, 0.717) is 12.2 Å². The van der Waals surface area contributed by atoms with Gasteiger partial charge in [0, 0.05) is 26.2 Å². The summed E-state index contributed by atoms with van der Waals surface area (Å²) in [6.45, 7) is 1.46. The molecule has 0 amide bonds. The van der Waals surface area contributed by atoms with Crippen molar-refractivity contribution in [2.45, 2.75) is 18.0 Å². The second-order valence-electron chi connectivity index (χ2n) is 5.03. The molecule has 2 aromatic carbocycles. The van der Waals surface area contributed by atoms with Crippen LogP contribution in [0.25, 0.3) is 0 Å². The molecule has 110 valence electrons. The van der Waals surface area contributed by atoms with Crippen molar-refractivity contribution in [2.24, 2.45) is 0 Å². The highest BCUT2D eigenvalue weighted by molar-refractivity contribution is 7.92. The van der Waals surface area contributed by atoms with Gasteiger partial charge >= 0.3 is 0 Å². The minimum atomic E-state index is -3.64. The first-order valence-corrected chi connectivity index (χ1v) is 8.03. The third kappa shape index (κ3) is 2.48. The second-order valence-corrected chi connectivity index (χ2v) is 7.00. The number of fused-ring (bicyclic) bond motifs is 1. The van der Waals surface area contributed by atoms with Gasteiger partial charge in [0.05, 0.1) is 10.6 Å². The van der Waals surface area contributed by atoms with E-state index in [1.807, 2.05) is 6.07 Å². The van der Waals surface area contributed by atoms with Gasteiger partial charge < -0.3 is 10.4 Å². The Kier molecular flexibility index (Phi) is 3.35. The van der Waals surface area contributed by atoms with Gasteiger partial charge in [0.1, 0.15) is 5.75 Å². The Bertz CT molecular complexity index is 787. The Morgan fingerprint density at radius 3 is 2.62 bits per heavy atom. The average Bonchev–Trinajstić information content (AvgIpc) is 2.93. The highest BCUT2D eigenvalue weighted by Gasteiger charge is 2.23. The molecule has 1 heterocycles. The van der Waals surface area contributed by atoms with Crippen molar-refractivity contribution >= 4 is 15.7 Å². The molecule has 1 aliphatic rings. The van der Waals surface area contributed by atoms with Gasteiger partial charge in [-0.2, -0.15) is 0 Å². The fourth-order valence-electron chi connectivity index (χ4n) is 2.42. The zero-order valence-electron chi connectivity index (χ0n) is 11.6. The lowest BCUT2D eigenvalue weighted by atomic mass is 10.1. The van der Waals surface area contributed by atoms with E-state index >= 15 is 0 Å². The fraction of sp³-hybridized carbons (Fsp3) is 0.200. The number of sulfonamides is 1. The van der Waals surface area contributed by atoms with Crippen LogP contribution in [0.5, 0.6) is 5.75 Å². The quantitative estimate of drug-likeness (QED) is 0.907. The lowest BCUT2D eigenvalue weighted by molar-refractivity contribution is 0.475. The minimum Gasteiger partial charge on any atom is -0.508 e. The summed E-state index contributed by atoms with van der Waals surface area (Å²) >= 11 is 0. The predicted molar refractivity (Wildman–Crippen MR) is 80.7 cm³/mol. The maximum absolute atomic E-state index is 12.7. The number of rotatable bonds is 3. The van der Waals surface area contributed by atoms with Crippen LogP contribution >= 0.6 is 0 Å². The van der Waals surface area contributed by atoms with Gasteiger partial charge in [-0.05, 0) is 35.4 Å². The Balaban J connectivity index is 2.00. The first-order chi connectivity index (χ1) is 9.98. The summed E-state index contributed by atoms with van der Waals surface area (Å²) in [5, 5.41) is 12.7. The molecule has 3 rings (SSSR count). The van der Waals surface area contributed by atoms with Gasteiger partial charge in [0.2, 0.25) is 0 Å². The molecule has 0 fully saturated rings. The Hall–Kier alpha value is -2.05. The molecule has 0 bridgehead atoms. The summed E-state index contributed by atoms with van der Waals surface area (Å²) in [7, 11) is -2.15. The first-order valence-electron chi connectivity index (χ1n) is 6.59. The largest absolute Gasteiger partial charge is 0.508 e. The fourth-order valence-corrected chi connectivity index (χ4v) is 3.66. The molecule has 5 nitrogen and oxygen atoms in total. The van der Waals surface area contributed by atoms with Gasteiger partial charge in [-0.3, -0.25) is 4.31 Å². The molecule has 0 saturated heterocycles. The summed E-state index contributed by atoms with van der Waals surface area (Å²) in [5.74, 6) is 0.0349. The van der Waals surface area contributed by atoms with Crippen LogP contribution < -0.4 is 9.62 Å². The van der Waals surface area contributed by atoms with Gasteiger partial charge in [-0.15, -0.1) is 0 Å². The first kappa shape index (κ1) is 13.9. The SMILES string of the molecule is CN(c1cccc(O)c1)S(=O)(=O)c1ccc2c(c1)CNC2. The molecule has 0 saturated carbocycles. The predicted octanol–water partition coefficient (Wildman–Crippen LogP) is 1.82. The highest BCUT2D eigenvalue weighted by Crippen LogP contribution is 2.27. The molecule has 21 heavy (non-hydrogen) atoms. The van der Waals surface area contributed by atoms with Crippen molar-refractivity contribution in [3.05, 3.63) is 53.6 Å². The summed E-state index contributed by atoms with van der Waals surface area (Å²) in [4.78, 5) is 0.260. The monoisotopic (exact) mass is 304 g/mol. The summed E-state index contributed by atoms with van der Waals surface area (Å²) < 4.78 is 26.5. The second kappa shape index (κ2) is 5.05. The van der Waals surface area contributed by atoms with Crippen molar-refractivity contribution in [1.29, 1.82) is 0 Å². The number of nitrogens with one attached hydrogen (secondary N) is 1. The molecule has 6 heteroatoms. The molecule has 2 aromatic rings. The molecule has 2 N–H and O–H groups in total. The van der Waals surface area contributed by atoms with Gasteiger partial charge in [0.15, 0.2) is 0 Å². The van der Waals surface area contributed by atoms with Crippen molar-refractivity contribution < 1.29 is 13.5 Å². The summed E-state index contributed by atoms with van der Waals surface area (Å²) in [6.07, 6.45) is 0. The molecule has 0 aromatic heterocycles. The minimum absolute atomic E-state index is 0.0349. The summed E-state index contributed by atoms with van der Waals surface area (Å²) in [5.41, 5.74) is 2.57. The van der Waals surface area contributed by atoms with E-state index in [9.17, 15) is 13.5 Å². The molecule has 0 radical (unpaired) electrons. The third-order valence-corrected chi connectivity index (χ3v) is 5.44. The van der Waals surface area contributed by atoms with Crippen molar-refractivity contribution in [2.75, 3.05) is 11.4 Å². The highest BCUT2D eigenvalue weighted by atomic mass is 32.2. The van der Waals surface area contributed by atoms with Crippen LogP contribution in [-0.4, -0.2) is 20.6 Å². The maximum atomic E-state index is 12.7. The van der Waals surface area contributed by atoms with Crippen molar-refractivity contribution in [3.8, 4) is 5.75 Å². The maximum Gasteiger partial charge on any atom is 0.264 e. The van der Waals surface area contributed by atoms with E-state index in [0.717, 1.165) is 17.7 Å². The van der Waals surface area contributed by atoms with E-state index in [4.69, 9.17) is 0 Å². The Labute approximate surface area is 123 Å². The number of phenols is 1. The van der Waals surface area contributed by atoms with Gasteiger partial charge in [0.25, 0.3) is 10.0 Å². The van der Waals surface area contributed by atoms with Crippen LogP contribution in [-0.2, 0) is 23.1 Å². The molecule has 0 aliphatic carbocycles. The lowest BCUT2D eigenvalue weighted by Crippen LogP contribution is -2.26. The number of anilines is 1. The normalized spacial score (nSPS) is 14.0. The third-order valence-electron chi connectivity index (χ3n) is 3.66. The lowest BCUT2D eigenvalue weighted by Gasteiger charge is -2.20. The molecule has 0 atom stereocenters. The van der Waals surface area contributed by atoms with Gasteiger partial charge in [-0.1, -0.05) is 12.1 Å². The van der Waals surface area contributed by atoms with E-state index in [-0.39, 0.29) is 10.6 Å². The van der Waals surface area contributed by atoms with E-state index < -0.39 is 10.0 Å². The number of aromatic hydroxyl groups is 1. The number of hydrogen-bond acceptors (Lipinski definition) is 4. The number of benzene rings is 2. The summed E-state index contributed by atoms with van der Waals surface area (Å²) in [6, 6.07) is 11.4. The van der Waals surface area contributed by atoms with Crippen LogP contribution in [0.1, 0.15) is 11.1 Å².